The van der Waals surface area contributed by atoms with Crippen LogP contribution in [0.25, 0.3) is 11.5 Å². The van der Waals surface area contributed by atoms with E-state index in [1.165, 1.54) is 6.92 Å². The van der Waals surface area contributed by atoms with Crippen LogP contribution in [0, 0.1) is 0 Å². The molecule has 9 nitrogen and oxygen atoms in total. The Morgan fingerprint density at radius 3 is 2.69 bits per heavy atom. The van der Waals surface area contributed by atoms with Gasteiger partial charge in [-0.1, -0.05) is 5.16 Å². The van der Waals surface area contributed by atoms with E-state index in [1.807, 2.05) is 6.07 Å². The first kappa shape index (κ1) is 22.3. The number of fused-ring (bicyclic) bond motifs is 1. The van der Waals surface area contributed by atoms with Crippen LogP contribution in [0.2, 0.25) is 0 Å². The average Bonchev–Trinajstić information content (AvgIpc) is 3.14. The summed E-state index contributed by atoms with van der Waals surface area (Å²) < 4.78 is 37.1. The molecule has 2 N–H and O–H groups in total. The highest BCUT2D eigenvalue weighted by Crippen LogP contribution is 2.25. The Bertz CT molecular complexity index is 869. The molecule has 0 spiro atoms. The first-order chi connectivity index (χ1) is 13.6. The molecule has 3 heterocycles. The Morgan fingerprint density at radius 2 is 2.07 bits per heavy atom. The van der Waals surface area contributed by atoms with Gasteiger partial charge in [0.1, 0.15) is 0 Å². The molecular formula is C17H20F3N5O4. The SMILES string of the molecule is CC(=O)N(C)CCc1noc(-c2ccnc3c2CNCC3)n1.O=C(O)C(F)(F)F. The lowest BCUT2D eigenvalue weighted by Crippen LogP contribution is -2.26. The van der Waals surface area contributed by atoms with Gasteiger partial charge in [0, 0.05) is 69.5 Å². The highest BCUT2D eigenvalue weighted by atomic mass is 19.4. The molecule has 3 rings (SSSR count). The number of amides is 1. The fourth-order valence-electron chi connectivity index (χ4n) is 2.46. The monoisotopic (exact) mass is 415 g/mol. The standard InChI is InChI=1S/C15H19N5O2.C2HF3O2/c1-10(21)20(2)8-5-14-18-15(22-19-14)11-3-7-17-13-4-6-16-9-12(11)13;3-2(4,5)1(6)7/h3,7,16H,4-6,8-9H2,1-2H3;(H,6,7). The van der Waals surface area contributed by atoms with Gasteiger partial charge in [0.05, 0.1) is 0 Å². The Balaban J connectivity index is 0.000000370. The van der Waals surface area contributed by atoms with Crippen molar-refractivity contribution in [3.8, 4) is 11.5 Å². The van der Waals surface area contributed by atoms with E-state index in [9.17, 15) is 18.0 Å². The van der Waals surface area contributed by atoms with E-state index in [4.69, 9.17) is 14.4 Å². The highest BCUT2D eigenvalue weighted by molar-refractivity contribution is 5.73. The lowest BCUT2D eigenvalue weighted by atomic mass is 10.0. The van der Waals surface area contributed by atoms with Gasteiger partial charge in [-0.15, -0.1) is 0 Å². The maximum atomic E-state index is 11.2. The number of alkyl halides is 3. The number of nitrogens with one attached hydrogen (secondary N) is 1. The molecule has 0 fully saturated rings. The minimum atomic E-state index is -5.08. The number of aromatic nitrogens is 3. The number of aliphatic carboxylic acids is 1. The molecule has 2 aromatic rings. The normalized spacial score (nSPS) is 13.1. The summed E-state index contributed by atoms with van der Waals surface area (Å²) in [5.41, 5.74) is 3.16. The Kier molecular flexibility index (Phi) is 7.26. The molecule has 0 saturated heterocycles. The molecule has 0 radical (unpaired) electrons. The van der Waals surface area contributed by atoms with Crippen LogP contribution in [-0.2, 0) is 29.0 Å². The molecule has 0 bridgehead atoms. The van der Waals surface area contributed by atoms with Crippen LogP contribution in [0.4, 0.5) is 13.2 Å². The zero-order valence-corrected chi connectivity index (χ0v) is 15.8. The number of hydrogen-bond acceptors (Lipinski definition) is 7. The van der Waals surface area contributed by atoms with E-state index in [1.54, 1.807) is 18.1 Å². The topological polar surface area (TPSA) is 121 Å². The second-order valence-electron chi connectivity index (χ2n) is 6.22. The summed E-state index contributed by atoms with van der Waals surface area (Å²) in [5, 5.41) is 14.5. The highest BCUT2D eigenvalue weighted by Gasteiger charge is 2.38. The van der Waals surface area contributed by atoms with Crippen molar-refractivity contribution in [3.05, 3.63) is 29.3 Å². The third-order valence-electron chi connectivity index (χ3n) is 4.13. The van der Waals surface area contributed by atoms with Crippen LogP contribution in [0.5, 0.6) is 0 Å². The Labute approximate surface area is 163 Å². The number of rotatable bonds is 4. The van der Waals surface area contributed by atoms with Crippen LogP contribution in [0.3, 0.4) is 0 Å². The van der Waals surface area contributed by atoms with Crippen molar-refractivity contribution in [1.29, 1.82) is 0 Å². The fourth-order valence-corrected chi connectivity index (χ4v) is 2.46. The number of carbonyl (C=O) groups excluding carboxylic acids is 1. The van der Waals surface area contributed by atoms with Crippen molar-refractivity contribution in [1.82, 2.24) is 25.3 Å². The largest absolute Gasteiger partial charge is 0.490 e. The molecule has 29 heavy (non-hydrogen) atoms. The van der Waals surface area contributed by atoms with Crippen molar-refractivity contribution in [2.45, 2.75) is 32.5 Å². The van der Waals surface area contributed by atoms with Crippen LogP contribution < -0.4 is 5.32 Å². The third kappa shape index (κ3) is 6.24. The van der Waals surface area contributed by atoms with Gasteiger partial charge < -0.3 is 19.8 Å². The van der Waals surface area contributed by atoms with Crippen molar-refractivity contribution in [2.75, 3.05) is 20.1 Å². The van der Waals surface area contributed by atoms with E-state index in [-0.39, 0.29) is 5.91 Å². The van der Waals surface area contributed by atoms with Crippen LogP contribution in [-0.4, -0.2) is 63.3 Å². The third-order valence-corrected chi connectivity index (χ3v) is 4.13. The molecule has 1 amide bonds. The molecule has 158 valence electrons. The van der Waals surface area contributed by atoms with E-state index < -0.39 is 12.1 Å². The van der Waals surface area contributed by atoms with Crippen LogP contribution in [0.15, 0.2) is 16.8 Å². The molecule has 0 atom stereocenters. The maximum Gasteiger partial charge on any atom is 0.490 e. The summed E-state index contributed by atoms with van der Waals surface area (Å²) in [7, 11) is 1.76. The summed E-state index contributed by atoms with van der Waals surface area (Å²) in [6.07, 6.45) is -1.81. The van der Waals surface area contributed by atoms with Crippen molar-refractivity contribution < 1.29 is 32.4 Å². The second kappa shape index (κ2) is 9.45. The minimum absolute atomic E-state index is 0.0259. The lowest BCUT2D eigenvalue weighted by molar-refractivity contribution is -0.192. The molecule has 0 aromatic carbocycles. The lowest BCUT2D eigenvalue weighted by Gasteiger charge is -2.17. The first-order valence-electron chi connectivity index (χ1n) is 8.61. The number of carboxylic acids is 1. The van der Waals surface area contributed by atoms with E-state index in [2.05, 4.69) is 20.4 Å². The van der Waals surface area contributed by atoms with Gasteiger partial charge in [-0.05, 0) is 6.07 Å². The number of carbonyl (C=O) groups is 2. The predicted molar refractivity (Wildman–Crippen MR) is 93.6 cm³/mol. The van der Waals surface area contributed by atoms with Gasteiger partial charge in [-0.25, -0.2) is 4.79 Å². The average molecular weight is 415 g/mol. The van der Waals surface area contributed by atoms with E-state index in [0.29, 0.717) is 24.7 Å². The first-order valence-corrected chi connectivity index (χ1v) is 8.61. The predicted octanol–water partition coefficient (Wildman–Crippen LogP) is 1.43. The molecule has 1 aliphatic heterocycles. The van der Waals surface area contributed by atoms with E-state index >= 15 is 0 Å². The molecule has 0 saturated carbocycles. The van der Waals surface area contributed by atoms with Gasteiger partial charge >= 0.3 is 12.1 Å². The second-order valence-corrected chi connectivity index (χ2v) is 6.22. The molecule has 0 aliphatic carbocycles. The minimum Gasteiger partial charge on any atom is -0.475 e. The Hall–Kier alpha value is -3.02. The van der Waals surface area contributed by atoms with Crippen LogP contribution in [0.1, 0.15) is 24.0 Å². The van der Waals surface area contributed by atoms with Crippen molar-refractivity contribution >= 4 is 11.9 Å². The quantitative estimate of drug-likeness (QED) is 0.769. The summed E-state index contributed by atoms with van der Waals surface area (Å²) in [4.78, 5) is 30.6. The van der Waals surface area contributed by atoms with Gasteiger partial charge in [-0.2, -0.15) is 18.2 Å². The Morgan fingerprint density at radius 1 is 1.38 bits per heavy atom. The number of carboxylic acid groups (broad SMARTS) is 1. The van der Waals surface area contributed by atoms with Gasteiger partial charge in [0.2, 0.25) is 5.91 Å². The van der Waals surface area contributed by atoms with Gasteiger partial charge in [-0.3, -0.25) is 9.78 Å². The van der Waals surface area contributed by atoms with Crippen molar-refractivity contribution in [3.63, 3.8) is 0 Å². The molecule has 0 unspecified atom stereocenters. The van der Waals surface area contributed by atoms with E-state index in [0.717, 1.165) is 36.3 Å². The number of likely N-dealkylation sites (N-methyl/N-ethyl adjacent to an activating group) is 1. The van der Waals surface area contributed by atoms with Gasteiger partial charge in [0.25, 0.3) is 5.89 Å². The number of nitrogens with zero attached hydrogens (tertiary/aromatic N) is 4. The summed E-state index contributed by atoms with van der Waals surface area (Å²) in [5.74, 6) is -1.61. The summed E-state index contributed by atoms with van der Waals surface area (Å²) in [6, 6.07) is 1.91. The number of halogens is 3. The number of pyridine rings is 1. The molecule has 2 aromatic heterocycles. The zero-order chi connectivity index (χ0) is 21.6. The van der Waals surface area contributed by atoms with Crippen molar-refractivity contribution in [2.24, 2.45) is 0 Å². The van der Waals surface area contributed by atoms with Gasteiger partial charge in [0.15, 0.2) is 5.82 Å². The smallest absolute Gasteiger partial charge is 0.475 e. The molecule has 1 aliphatic rings. The fraction of sp³-hybridized carbons (Fsp3) is 0.471. The molecule has 12 heteroatoms. The summed E-state index contributed by atoms with van der Waals surface area (Å²) in [6.45, 7) is 3.82. The maximum absolute atomic E-state index is 11.2. The number of hydrogen-bond donors (Lipinski definition) is 2. The summed E-state index contributed by atoms with van der Waals surface area (Å²) >= 11 is 0. The molecular weight excluding hydrogens is 395 g/mol. The van der Waals surface area contributed by atoms with Crippen LogP contribution >= 0.6 is 0 Å². The zero-order valence-electron chi connectivity index (χ0n) is 15.8.